The van der Waals surface area contributed by atoms with Gasteiger partial charge in [0.2, 0.25) is 0 Å². The predicted molar refractivity (Wildman–Crippen MR) is 54.8 cm³/mol. The Morgan fingerprint density at radius 3 is 3.20 bits per heavy atom. The Kier molecular flexibility index (Phi) is 2.77. The smallest absolute Gasteiger partial charge is 0.377 e. The van der Waals surface area contributed by atoms with Crippen LogP contribution in [0.1, 0.15) is 16.2 Å². The fourth-order valence-corrected chi connectivity index (χ4v) is 1.79. The highest BCUT2D eigenvalue weighted by Gasteiger charge is 2.10. The van der Waals surface area contributed by atoms with Crippen LogP contribution >= 0.6 is 11.3 Å². The lowest BCUT2D eigenvalue weighted by Gasteiger charge is -1.96. The molecule has 0 radical (unpaired) electrons. The van der Waals surface area contributed by atoms with Crippen LogP contribution in [0.25, 0.3) is 0 Å². The van der Waals surface area contributed by atoms with E-state index < -0.39 is 5.97 Å². The second-order valence-corrected chi connectivity index (χ2v) is 3.67. The van der Waals surface area contributed by atoms with E-state index in [2.05, 4.69) is 14.8 Å². The second kappa shape index (κ2) is 4.22. The normalized spacial score (nSPS) is 10.2. The molecule has 5 nitrogen and oxygen atoms in total. The topological polar surface area (TPSA) is 57.0 Å². The van der Waals surface area contributed by atoms with E-state index >= 15 is 0 Å². The maximum Gasteiger partial charge on any atom is 0.377 e. The number of ether oxygens (including phenoxy) is 1. The molecule has 2 aromatic heterocycles. The van der Waals surface area contributed by atoms with E-state index in [1.54, 1.807) is 16.0 Å². The van der Waals surface area contributed by atoms with E-state index in [0.717, 1.165) is 5.56 Å². The summed E-state index contributed by atoms with van der Waals surface area (Å²) in [5.74, 6) is -0.424. The molecule has 0 aliphatic rings. The third-order valence-electron chi connectivity index (χ3n) is 1.83. The zero-order valence-corrected chi connectivity index (χ0v) is 8.90. The Morgan fingerprint density at radius 2 is 2.53 bits per heavy atom. The molecular weight excluding hydrogens is 214 g/mol. The van der Waals surface area contributed by atoms with Crippen molar-refractivity contribution in [1.82, 2.24) is 14.8 Å². The fraction of sp³-hybridized carbons (Fsp3) is 0.222. The Morgan fingerprint density at radius 1 is 1.67 bits per heavy atom. The summed E-state index contributed by atoms with van der Waals surface area (Å²) in [6.07, 6.45) is 1.52. The van der Waals surface area contributed by atoms with Gasteiger partial charge in [-0.05, 0) is 22.4 Å². The second-order valence-electron chi connectivity index (χ2n) is 2.89. The van der Waals surface area contributed by atoms with E-state index in [-0.39, 0.29) is 5.82 Å². The summed E-state index contributed by atoms with van der Waals surface area (Å²) < 4.78 is 6.12. The largest absolute Gasteiger partial charge is 0.463 e. The van der Waals surface area contributed by atoms with E-state index in [0.29, 0.717) is 6.54 Å². The van der Waals surface area contributed by atoms with Crippen molar-refractivity contribution < 1.29 is 9.53 Å². The first-order valence-electron chi connectivity index (χ1n) is 4.28. The van der Waals surface area contributed by atoms with Crippen LogP contribution in [0.4, 0.5) is 0 Å². The van der Waals surface area contributed by atoms with Crippen LogP contribution in [-0.2, 0) is 11.3 Å². The molecule has 0 fully saturated rings. The molecule has 15 heavy (non-hydrogen) atoms. The van der Waals surface area contributed by atoms with E-state index in [4.69, 9.17) is 0 Å². The first kappa shape index (κ1) is 9.85. The molecule has 2 heterocycles. The zero-order chi connectivity index (χ0) is 10.7. The summed E-state index contributed by atoms with van der Waals surface area (Å²) in [6.45, 7) is 0.619. The van der Waals surface area contributed by atoms with Gasteiger partial charge in [0.05, 0.1) is 13.7 Å². The van der Waals surface area contributed by atoms with Crippen LogP contribution in [0.3, 0.4) is 0 Å². The van der Waals surface area contributed by atoms with Crippen molar-refractivity contribution in [3.63, 3.8) is 0 Å². The number of hydrogen-bond donors (Lipinski definition) is 0. The van der Waals surface area contributed by atoms with Crippen molar-refractivity contribution >= 4 is 17.3 Å². The Balaban J connectivity index is 2.11. The number of thiophene rings is 1. The standard InChI is InChI=1S/C9H9N3O2S/c1-14-9(13)8-10-6-12(11-8)4-7-2-3-15-5-7/h2-3,5-6H,4H2,1H3. The van der Waals surface area contributed by atoms with E-state index in [9.17, 15) is 4.79 Å². The van der Waals surface area contributed by atoms with Gasteiger partial charge in [-0.1, -0.05) is 0 Å². The van der Waals surface area contributed by atoms with Gasteiger partial charge >= 0.3 is 5.97 Å². The van der Waals surface area contributed by atoms with Crippen LogP contribution in [0.15, 0.2) is 23.2 Å². The molecule has 78 valence electrons. The summed E-state index contributed by atoms with van der Waals surface area (Å²) in [6, 6.07) is 2.00. The summed E-state index contributed by atoms with van der Waals surface area (Å²) in [5, 5.41) is 8.01. The number of methoxy groups -OCH3 is 1. The lowest BCUT2D eigenvalue weighted by atomic mass is 10.3. The third kappa shape index (κ3) is 2.21. The monoisotopic (exact) mass is 223 g/mol. The highest BCUT2D eigenvalue weighted by atomic mass is 32.1. The highest BCUT2D eigenvalue weighted by Crippen LogP contribution is 2.07. The van der Waals surface area contributed by atoms with Crippen molar-refractivity contribution in [3.05, 3.63) is 34.5 Å². The van der Waals surface area contributed by atoms with Crippen LogP contribution in [0.5, 0.6) is 0 Å². The zero-order valence-electron chi connectivity index (χ0n) is 8.08. The van der Waals surface area contributed by atoms with Gasteiger partial charge in [-0.3, -0.25) is 0 Å². The third-order valence-corrected chi connectivity index (χ3v) is 2.56. The van der Waals surface area contributed by atoms with Gasteiger partial charge in [-0.15, -0.1) is 5.10 Å². The van der Waals surface area contributed by atoms with Gasteiger partial charge < -0.3 is 4.74 Å². The summed E-state index contributed by atoms with van der Waals surface area (Å²) in [5.41, 5.74) is 1.14. The van der Waals surface area contributed by atoms with Crippen molar-refractivity contribution in [3.8, 4) is 0 Å². The molecule has 0 unspecified atom stereocenters. The van der Waals surface area contributed by atoms with Gasteiger partial charge in [0.15, 0.2) is 0 Å². The molecule has 0 atom stereocenters. The van der Waals surface area contributed by atoms with Crippen LogP contribution < -0.4 is 0 Å². The van der Waals surface area contributed by atoms with Crippen LogP contribution in [0.2, 0.25) is 0 Å². The molecule has 0 amide bonds. The maximum absolute atomic E-state index is 11.1. The molecule has 2 aromatic rings. The lowest BCUT2D eigenvalue weighted by Crippen LogP contribution is -2.06. The average Bonchev–Trinajstić information content (AvgIpc) is 2.88. The Labute approximate surface area is 90.3 Å². The average molecular weight is 223 g/mol. The molecule has 0 bridgehead atoms. The minimum atomic E-state index is -0.515. The molecule has 0 aliphatic heterocycles. The number of hydrogen-bond acceptors (Lipinski definition) is 5. The molecule has 0 aliphatic carbocycles. The Hall–Kier alpha value is -1.69. The van der Waals surface area contributed by atoms with Crippen molar-refractivity contribution in [2.75, 3.05) is 7.11 Å². The molecule has 0 spiro atoms. The molecule has 0 aromatic carbocycles. The lowest BCUT2D eigenvalue weighted by molar-refractivity contribution is 0.0586. The summed E-state index contributed by atoms with van der Waals surface area (Å²) in [4.78, 5) is 14.9. The van der Waals surface area contributed by atoms with Crippen molar-refractivity contribution in [2.45, 2.75) is 6.54 Å². The van der Waals surface area contributed by atoms with Gasteiger partial charge in [0.25, 0.3) is 5.82 Å². The molecule has 6 heteroatoms. The predicted octanol–water partition coefficient (Wildman–Crippen LogP) is 1.17. The van der Waals surface area contributed by atoms with E-state index in [1.807, 2.05) is 16.8 Å². The number of carbonyl (C=O) groups is 1. The highest BCUT2D eigenvalue weighted by molar-refractivity contribution is 7.07. The molecule has 0 saturated heterocycles. The van der Waals surface area contributed by atoms with Gasteiger partial charge in [0.1, 0.15) is 6.33 Å². The number of rotatable bonds is 3. The SMILES string of the molecule is COC(=O)c1ncn(Cc2ccsc2)n1. The van der Waals surface area contributed by atoms with Gasteiger partial charge in [-0.25, -0.2) is 14.5 Å². The Bertz CT molecular complexity index is 450. The quantitative estimate of drug-likeness (QED) is 0.733. The first-order chi connectivity index (χ1) is 7.29. The van der Waals surface area contributed by atoms with Gasteiger partial charge in [0, 0.05) is 0 Å². The molecule has 0 saturated carbocycles. The minimum Gasteiger partial charge on any atom is -0.463 e. The molecule has 0 N–H and O–H groups in total. The van der Waals surface area contributed by atoms with Gasteiger partial charge in [-0.2, -0.15) is 11.3 Å². The number of nitrogens with zero attached hydrogens (tertiary/aromatic N) is 3. The summed E-state index contributed by atoms with van der Waals surface area (Å²) in [7, 11) is 1.31. The van der Waals surface area contributed by atoms with Crippen molar-refractivity contribution in [2.24, 2.45) is 0 Å². The van der Waals surface area contributed by atoms with Crippen LogP contribution in [-0.4, -0.2) is 27.8 Å². The molecule has 2 rings (SSSR count). The minimum absolute atomic E-state index is 0.0905. The van der Waals surface area contributed by atoms with Crippen LogP contribution in [0, 0.1) is 0 Å². The fourth-order valence-electron chi connectivity index (χ4n) is 1.13. The number of carbonyl (C=O) groups excluding carboxylic acids is 1. The van der Waals surface area contributed by atoms with Crippen molar-refractivity contribution in [1.29, 1.82) is 0 Å². The maximum atomic E-state index is 11.1. The first-order valence-corrected chi connectivity index (χ1v) is 5.22. The molecular formula is C9H9N3O2S. The number of esters is 1. The number of aromatic nitrogens is 3. The summed E-state index contributed by atoms with van der Waals surface area (Å²) >= 11 is 1.62. The van der Waals surface area contributed by atoms with E-state index in [1.165, 1.54) is 13.4 Å².